The Bertz CT molecular complexity index is 714. The van der Waals surface area contributed by atoms with Gasteiger partial charge in [-0.1, -0.05) is 0 Å². The van der Waals surface area contributed by atoms with Crippen LogP contribution in [0.2, 0.25) is 0 Å². The van der Waals surface area contributed by atoms with Crippen molar-refractivity contribution in [1.29, 1.82) is 0 Å². The van der Waals surface area contributed by atoms with Crippen LogP contribution in [0.1, 0.15) is 6.92 Å². The minimum atomic E-state index is -4.84. The number of benzene rings is 1. The topological polar surface area (TPSA) is 76.2 Å². The SMILES string of the molecule is CCOC(=O)CN1CCN(S(=O)(=O)c2ccc(OC(F)(F)F)cc2)CC1. The highest BCUT2D eigenvalue weighted by Gasteiger charge is 2.32. The lowest BCUT2D eigenvalue weighted by Crippen LogP contribution is -2.49. The molecule has 146 valence electrons. The molecule has 2 rings (SSSR count). The van der Waals surface area contributed by atoms with E-state index >= 15 is 0 Å². The summed E-state index contributed by atoms with van der Waals surface area (Å²) in [7, 11) is -3.83. The lowest BCUT2D eigenvalue weighted by atomic mass is 10.3. The van der Waals surface area contributed by atoms with E-state index in [1.54, 1.807) is 11.8 Å². The minimum Gasteiger partial charge on any atom is -0.465 e. The summed E-state index contributed by atoms with van der Waals surface area (Å²) in [6, 6.07) is 4.05. The first-order valence-electron chi connectivity index (χ1n) is 7.86. The standard InChI is InChI=1S/C15H19F3N2O5S/c1-2-24-14(21)11-19-7-9-20(10-8-19)26(22,23)13-5-3-12(4-6-13)25-15(16,17)18/h3-6H,2,7-11H2,1H3. The van der Waals surface area contributed by atoms with Crippen LogP contribution in [0.15, 0.2) is 29.2 Å². The number of hydrogen-bond acceptors (Lipinski definition) is 6. The number of esters is 1. The van der Waals surface area contributed by atoms with Crippen molar-refractivity contribution in [3.05, 3.63) is 24.3 Å². The summed E-state index contributed by atoms with van der Waals surface area (Å²) in [5.74, 6) is -0.861. The molecule has 1 saturated heterocycles. The van der Waals surface area contributed by atoms with E-state index in [-0.39, 0.29) is 37.1 Å². The highest BCUT2D eigenvalue weighted by atomic mass is 32.2. The van der Waals surface area contributed by atoms with E-state index in [4.69, 9.17) is 4.74 Å². The smallest absolute Gasteiger partial charge is 0.465 e. The predicted octanol–water partition coefficient (Wildman–Crippen LogP) is 1.45. The molecular weight excluding hydrogens is 377 g/mol. The Labute approximate surface area is 149 Å². The molecule has 1 fully saturated rings. The van der Waals surface area contributed by atoms with Gasteiger partial charge in [0.25, 0.3) is 0 Å². The van der Waals surface area contributed by atoms with Crippen molar-refractivity contribution in [3.8, 4) is 5.75 Å². The highest BCUT2D eigenvalue weighted by molar-refractivity contribution is 7.89. The van der Waals surface area contributed by atoms with Crippen LogP contribution in [0.5, 0.6) is 5.75 Å². The number of halogens is 3. The number of carbonyl (C=O) groups is 1. The second kappa shape index (κ2) is 8.23. The van der Waals surface area contributed by atoms with Crippen LogP contribution in [-0.4, -0.2) is 69.3 Å². The molecular formula is C15H19F3N2O5S. The summed E-state index contributed by atoms with van der Waals surface area (Å²) in [5, 5.41) is 0. The third-order valence-corrected chi connectivity index (χ3v) is 5.60. The first kappa shape index (κ1) is 20.5. The molecule has 0 atom stereocenters. The molecule has 7 nitrogen and oxygen atoms in total. The zero-order chi connectivity index (χ0) is 19.4. The Morgan fingerprint density at radius 3 is 2.19 bits per heavy atom. The van der Waals surface area contributed by atoms with E-state index in [1.807, 2.05) is 0 Å². The summed E-state index contributed by atoms with van der Waals surface area (Å²) in [6.07, 6.45) is -4.84. The van der Waals surface area contributed by atoms with Crippen LogP contribution in [0.4, 0.5) is 13.2 Å². The maximum atomic E-state index is 12.6. The zero-order valence-corrected chi connectivity index (χ0v) is 14.8. The molecule has 1 heterocycles. The van der Waals surface area contributed by atoms with Gasteiger partial charge in [0, 0.05) is 26.2 Å². The first-order valence-corrected chi connectivity index (χ1v) is 9.30. The van der Waals surface area contributed by atoms with Gasteiger partial charge in [-0.25, -0.2) is 8.42 Å². The molecule has 1 aromatic rings. The molecule has 0 unspecified atom stereocenters. The van der Waals surface area contributed by atoms with Gasteiger partial charge in [0.2, 0.25) is 10.0 Å². The first-order chi connectivity index (χ1) is 12.1. The number of ether oxygens (including phenoxy) is 2. The molecule has 0 bridgehead atoms. The van der Waals surface area contributed by atoms with Crippen molar-refractivity contribution in [1.82, 2.24) is 9.21 Å². The number of nitrogens with zero attached hydrogens (tertiary/aromatic N) is 2. The van der Waals surface area contributed by atoms with Crippen molar-refractivity contribution in [2.45, 2.75) is 18.2 Å². The summed E-state index contributed by atoms with van der Waals surface area (Å²) in [5.41, 5.74) is 0. The van der Waals surface area contributed by atoms with E-state index in [0.717, 1.165) is 24.3 Å². The molecule has 26 heavy (non-hydrogen) atoms. The van der Waals surface area contributed by atoms with Gasteiger partial charge in [0.15, 0.2) is 0 Å². The zero-order valence-electron chi connectivity index (χ0n) is 14.0. The Kier molecular flexibility index (Phi) is 6.48. The molecule has 0 saturated carbocycles. The summed E-state index contributed by atoms with van der Waals surface area (Å²) in [6.45, 7) is 3.12. The number of hydrogen-bond donors (Lipinski definition) is 0. The van der Waals surface area contributed by atoms with Gasteiger partial charge in [0.05, 0.1) is 18.0 Å². The van der Waals surface area contributed by atoms with Gasteiger partial charge in [0.1, 0.15) is 5.75 Å². The third kappa shape index (κ3) is 5.58. The number of alkyl halides is 3. The highest BCUT2D eigenvalue weighted by Crippen LogP contribution is 2.25. The lowest BCUT2D eigenvalue weighted by molar-refractivity contribution is -0.274. The van der Waals surface area contributed by atoms with Crippen molar-refractivity contribution in [2.24, 2.45) is 0 Å². The second-order valence-electron chi connectivity index (χ2n) is 5.50. The Hall–Kier alpha value is -1.85. The van der Waals surface area contributed by atoms with E-state index in [2.05, 4.69) is 4.74 Å². The largest absolute Gasteiger partial charge is 0.573 e. The van der Waals surface area contributed by atoms with Crippen molar-refractivity contribution < 1.29 is 35.9 Å². The minimum absolute atomic E-state index is 0.0885. The average molecular weight is 396 g/mol. The van der Waals surface area contributed by atoms with Gasteiger partial charge in [-0.3, -0.25) is 9.69 Å². The third-order valence-electron chi connectivity index (χ3n) is 3.68. The van der Waals surface area contributed by atoms with Crippen LogP contribution in [0.3, 0.4) is 0 Å². The van der Waals surface area contributed by atoms with Crippen molar-refractivity contribution in [3.63, 3.8) is 0 Å². The number of sulfonamides is 1. The van der Waals surface area contributed by atoms with Crippen molar-refractivity contribution in [2.75, 3.05) is 39.3 Å². The van der Waals surface area contributed by atoms with Gasteiger partial charge in [-0.2, -0.15) is 4.31 Å². The molecule has 1 aliphatic heterocycles. The molecule has 0 aliphatic carbocycles. The van der Waals surface area contributed by atoms with Gasteiger partial charge < -0.3 is 9.47 Å². The van der Waals surface area contributed by atoms with Crippen LogP contribution in [0, 0.1) is 0 Å². The fraction of sp³-hybridized carbons (Fsp3) is 0.533. The quantitative estimate of drug-likeness (QED) is 0.678. The number of piperazine rings is 1. The molecule has 11 heteroatoms. The van der Waals surface area contributed by atoms with Crippen LogP contribution in [0.25, 0.3) is 0 Å². The maximum absolute atomic E-state index is 12.6. The van der Waals surface area contributed by atoms with Gasteiger partial charge in [-0.05, 0) is 31.2 Å². The fourth-order valence-electron chi connectivity index (χ4n) is 2.48. The monoisotopic (exact) mass is 396 g/mol. The number of carbonyl (C=O) groups excluding carboxylic acids is 1. The summed E-state index contributed by atoms with van der Waals surface area (Å²) in [4.78, 5) is 13.1. The van der Waals surface area contributed by atoms with E-state index in [9.17, 15) is 26.4 Å². The maximum Gasteiger partial charge on any atom is 0.573 e. The normalized spacial score (nSPS) is 17.1. The lowest BCUT2D eigenvalue weighted by Gasteiger charge is -2.33. The average Bonchev–Trinajstić information content (AvgIpc) is 2.54. The van der Waals surface area contributed by atoms with E-state index < -0.39 is 22.1 Å². The molecule has 0 aromatic heterocycles. The van der Waals surface area contributed by atoms with Gasteiger partial charge in [-0.15, -0.1) is 13.2 Å². The Balaban J connectivity index is 1.97. The summed E-state index contributed by atoms with van der Waals surface area (Å²) < 4.78 is 71.4. The second-order valence-corrected chi connectivity index (χ2v) is 7.44. The Morgan fingerprint density at radius 2 is 1.69 bits per heavy atom. The molecule has 0 spiro atoms. The molecule has 0 amide bonds. The number of rotatable bonds is 6. The predicted molar refractivity (Wildman–Crippen MR) is 85.0 cm³/mol. The summed E-state index contributed by atoms with van der Waals surface area (Å²) >= 11 is 0. The fourth-order valence-corrected chi connectivity index (χ4v) is 3.90. The molecule has 1 aliphatic rings. The van der Waals surface area contributed by atoms with Crippen LogP contribution < -0.4 is 4.74 Å². The van der Waals surface area contributed by atoms with Crippen LogP contribution >= 0.6 is 0 Å². The van der Waals surface area contributed by atoms with Crippen molar-refractivity contribution >= 4 is 16.0 Å². The molecule has 0 radical (unpaired) electrons. The van der Waals surface area contributed by atoms with Crippen LogP contribution in [-0.2, 0) is 19.6 Å². The van der Waals surface area contributed by atoms with Gasteiger partial charge >= 0.3 is 12.3 Å². The van der Waals surface area contributed by atoms with E-state index in [0.29, 0.717) is 13.1 Å². The molecule has 0 N–H and O–H groups in total. The Morgan fingerprint density at radius 1 is 1.12 bits per heavy atom. The van der Waals surface area contributed by atoms with E-state index in [1.165, 1.54) is 4.31 Å². The molecule has 1 aromatic carbocycles.